The molecule has 1 aliphatic heterocycles. The van der Waals surface area contributed by atoms with E-state index in [0.717, 1.165) is 18.8 Å². The zero-order valence-corrected chi connectivity index (χ0v) is 11.2. The van der Waals surface area contributed by atoms with Crippen LogP contribution in [0.25, 0.3) is 0 Å². The van der Waals surface area contributed by atoms with Gasteiger partial charge in [0.05, 0.1) is 6.54 Å². The third kappa shape index (κ3) is 4.31. The number of hydrogen-bond acceptors (Lipinski definition) is 2. The summed E-state index contributed by atoms with van der Waals surface area (Å²) in [4.78, 5) is 14.1. The van der Waals surface area contributed by atoms with Gasteiger partial charge in [0.2, 0.25) is 5.91 Å². The van der Waals surface area contributed by atoms with Gasteiger partial charge in [0, 0.05) is 10.7 Å². The number of hydrogen-bond donors (Lipinski definition) is 1. The summed E-state index contributed by atoms with van der Waals surface area (Å²) in [5.74, 6) is 0.0548. The number of nitrogens with zero attached hydrogens (tertiary/aromatic N) is 1. The van der Waals surface area contributed by atoms with Crippen molar-refractivity contribution in [1.29, 1.82) is 0 Å². The highest BCUT2D eigenvalue weighted by Gasteiger charge is 2.12. The van der Waals surface area contributed by atoms with Crippen molar-refractivity contribution >= 4 is 23.2 Å². The van der Waals surface area contributed by atoms with Crippen molar-refractivity contribution in [2.75, 3.05) is 25.0 Å². The predicted octanol–water partition coefficient (Wildman–Crippen LogP) is 3.15. The molecule has 0 aliphatic carbocycles. The zero-order valence-electron chi connectivity index (χ0n) is 10.5. The van der Waals surface area contributed by atoms with Gasteiger partial charge >= 0.3 is 0 Å². The molecule has 0 atom stereocenters. The lowest BCUT2D eigenvalue weighted by molar-refractivity contribution is -0.117. The summed E-state index contributed by atoms with van der Waals surface area (Å²) < 4.78 is 0. The number of rotatable bonds is 3. The molecule has 1 aromatic carbocycles. The van der Waals surface area contributed by atoms with Crippen LogP contribution in [-0.2, 0) is 4.79 Å². The van der Waals surface area contributed by atoms with Gasteiger partial charge in [-0.2, -0.15) is 0 Å². The van der Waals surface area contributed by atoms with Crippen molar-refractivity contribution in [2.24, 2.45) is 0 Å². The largest absolute Gasteiger partial charge is 0.325 e. The lowest BCUT2D eigenvalue weighted by atomic mass is 10.2. The van der Waals surface area contributed by atoms with E-state index in [0.29, 0.717) is 11.6 Å². The number of anilines is 1. The van der Waals surface area contributed by atoms with Gasteiger partial charge in [0.25, 0.3) is 0 Å². The molecule has 0 unspecified atom stereocenters. The maximum Gasteiger partial charge on any atom is 0.238 e. The fraction of sp³-hybridized carbons (Fsp3) is 0.500. The lowest BCUT2D eigenvalue weighted by Gasteiger charge is -2.18. The van der Waals surface area contributed by atoms with Gasteiger partial charge in [-0.25, -0.2) is 0 Å². The minimum atomic E-state index is 0.0548. The summed E-state index contributed by atoms with van der Waals surface area (Å²) >= 11 is 5.80. The molecule has 0 aromatic heterocycles. The number of nitrogens with one attached hydrogen (secondary N) is 1. The summed E-state index contributed by atoms with van der Waals surface area (Å²) in [6.45, 7) is 2.56. The van der Waals surface area contributed by atoms with Gasteiger partial charge in [-0.05, 0) is 50.2 Å². The molecule has 98 valence electrons. The highest BCUT2D eigenvalue weighted by Crippen LogP contribution is 2.14. The van der Waals surface area contributed by atoms with Crippen molar-refractivity contribution in [3.05, 3.63) is 29.3 Å². The zero-order chi connectivity index (χ0) is 12.8. The van der Waals surface area contributed by atoms with E-state index in [4.69, 9.17) is 11.6 Å². The molecule has 1 amide bonds. The number of amides is 1. The normalized spacial score (nSPS) is 17.2. The Kier molecular flexibility index (Phi) is 5.02. The number of likely N-dealkylation sites (tertiary alicyclic amines) is 1. The van der Waals surface area contributed by atoms with Gasteiger partial charge in [-0.15, -0.1) is 0 Å². The Morgan fingerprint density at radius 1 is 1.11 bits per heavy atom. The van der Waals surface area contributed by atoms with Crippen LogP contribution in [0.5, 0.6) is 0 Å². The Hall–Kier alpha value is -1.06. The fourth-order valence-electron chi connectivity index (χ4n) is 2.23. The van der Waals surface area contributed by atoms with Crippen LogP contribution in [-0.4, -0.2) is 30.4 Å². The van der Waals surface area contributed by atoms with Crippen LogP contribution in [0.2, 0.25) is 5.02 Å². The minimum absolute atomic E-state index is 0.0548. The fourth-order valence-corrected chi connectivity index (χ4v) is 2.36. The van der Waals surface area contributed by atoms with Crippen molar-refractivity contribution in [1.82, 2.24) is 4.90 Å². The Morgan fingerprint density at radius 3 is 2.33 bits per heavy atom. The standard InChI is InChI=1S/C14H19ClN2O/c15-12-5-7-13(8-6-12)16-14(18)11-17-9-3-1-2-4-10-17/h5-8H,1-4,9-11H2,(H,16,18). The Labute approximate surface area is 113 Å². The molecular weight excluding hydrogens is 248 g/mol. The van der Waals surface area contributed by atoms with Crippen LogP contribution in [0, 0.1) is 0 Å². The van der Waals surface area contributed by atoms with Gasteiger partial charge < -0.3 is 5.32 Å². The van der Waals surface area contributed by atoms with E-state index in [1.54, 1.807) is 12.1 Å². The average Bonchev–Trinajstić information content (AvgIpc) is 2.61. The van der Waals surface area contributed by atoms with Crippen LogP contribution in [0.15, 0.2) is 24.3 Å². The molecule has 1 heterocycles. The molecule has 1 aromatic rings. The maximum absolute atomic E-state index is 11.9. The van der Waals surface area contributed by atoms with E-state index in [-0.39, 0.29) is 5.91 Å². The highest BCUT2D eigenvalue weighted by atomic mass is 35.5. The first kappa shape index (κ1) is 13.4. The highest BCUT2D eigenvalue weighted by molar-refractivity contribution is 6.30. The van der Waals surface area contributed by atoms with E-state index in [1.807, 2.05) is 12.1 Å². The average molecular weight is 267 g/mol. The molecule has 0 saturated carbocycles. The second kappa shape index (κ2) is 6.76. The SMILES string of the molecule is O=C(CN1CCCCCC1)Nc1ccc(Cl)cc1. The smallest absolute Gasteiger partial charge is 0.238 e. The summed E-state index contributed by atoms with van der Waals surface area (Å²) in [5.41, 5.74) is 0.805. The molecule has 4 heteroatoms. The third-order valence-corrected chi connectivity index (χ3v) is 3.45. The first-order valence-electron chi connectivity index (χ1n) is 6.52. The van der Waals surface area contributed by atoms with E-state index < -0.39 is 0 Å². The van der Waals surface area contributed by atoms with E-state index in [1.165, 1.54) is 25.7 Å². The summed E-state index contributed by atoms with van der Waals surface area (Å²) in [6.07, 6.45) is 4.98. The molecule has 2 rings (SSSR count). The molecule has 18 heavy (non-hydrogen) atoms. The molecular formula is C14H19ClN2O. The molecule has 0 bridgehead atoms. The maximum atomic E-state index is 11.9. The van der Waals surface area contributed by atoms with Crippen molar-refractivity contribution in [3.63, 3.8) is 0 Å². The molecule has 1 N–H and O–H groups in total. The van der Waals surface area contributed by atoms with Crippen LogP contribution in [0.1, 0.15) is 25.7 Å². The van der Waals surface area contributed by atoms with E-state index in [9.17, 15) is 4.79 Å². The second-order valence-electron chi connectivity index (χ2n) is 4.75. The molecule has 0 radical (unpaired) electrons. The molecule has 1 aliphatic rings. The molecule has 3 nitrogen and oxygen atoms in total. The molecule has 1 fully saturated rings. The van der Waals surface area contributed by atoms with Crippen molar-refractivity contribution in [3.8, 4) is 0 Å². The first-order chi connectivity index (χ1) is 8.74. The van der Waals surface area contributed by atoms with Crippen LogP contribution in [0.3, 0.4) is 0 Å². The number of carbonyl (C=O) groups is 1. The Morgan fingerprint density at radius 2 is 1.72 bits per heavy atom. The topological polar surface area (TPSA) is 32.3 Å². The van der Waals surface area contributed by atoms with Crippen molar-refractivity contribution < 1.29 is 4.79 Å². The number of carbonyl (C=O) groups excluding carboxylic acids is 1. The number of benzene rings is 1. The Bertz CT molecular complexity index is 383. The minimum Gasteiger partial charge on any atom is -0.325 e. The monoisotopic (exact) mass is 266 g/mol. The summed E-state index contributed by atoms with van der Waals surface area (Å²) in [6, 6.07) is 7.21. The van der Waals surface area contributed by atoms with Gasteiger partial charge in [0.1, 0.15) is 0 Å². The summed E-state index contributed by atoms with van der Waals surface area (Å²) in [7, 11) is 0. The van der Waals surface area contributed by atoms with E-state index in [2.05, 4.69) is 10.2 Å². The first-order valence-corrected chi connectivity index (χ1v) is 6.89. The second-order valence-corrected chi connectivity index (χ2v) is 5.18. The predicted molar refractivity (Wildman–Crippen MR) is 75.0 cm³/mol. The quantitative estimate of drug-likeness (QED) is 0.912. The molecule has 0 spiro atoms. The lowest BCUT2D eigenvalue weighted by Crippen LogP contribution is -2.33. The van der Waals surface area contributed by atoms with Crippen LogP contribution in [0.4, 0.5) is 5.69 Å². The van der Waals surface area contributed by atoms with Gasteiger partial charge in [-0.1, -0.05) is 24.4 Å². The Balaban J connectivity index is 1.82. The third-order valence-electron chi connectivity index (χ3n) is 3.19. The summed E-state index contributed by atoms with van der Waals surface area (Å²) in [5, 5.41) is 3.58. The molecule has 1 saturated heterocycles. The van der Waals surface area contributed by atoms with Crippen LogP contribution >= 0.6 is 11.6 Å². The van der Waals surface area contributed by atoms with Crippen molar-refractivity contribution in [2.45, 2.75) is 25.7 Å². The van der Waals surface area contributed by atoms with E-state index >= 15 is 0 Å². The number of halogens is 1. The van der Waals surface area contributed by atoms with Gasteiger partial charge in [-0.3, -0.25) is 9.69 Å². The van der Waals surface area contributed by atoms with Gasteiger partial charge in [0.15, 0.2) is 0 Å². The van der Waals surface area contributed by atoms with Crippen LogP contribution < -0.4 is 5.32 Å².